The van der Waals surface area contributed by atoms with Crippen molar-refractivity contribution in [3.05, 3.63) is 29.8 Å². The van der Waals surface area contributed by atoms with E-state index >= 15 is 0 Å². The summed E-state index contributed by atoms with van der Waals surface area (Å²) in [7, 11) is 1.63. The van der Waals surface area contributed by atoms with Gasteiger partial charge >= 0.3 is 0 Å². The molecular formula is C21H28N2O4. The fraction of sp³-hybridized carbons (Fsp3) is 0.619. The van der Waals surface area contributed by atoms with Gasteiger partial charge in [0.05, 0.1) is 13.2 Å². The number of carbonyl (C=O) groups excluding carboxylic acids is 2. The second kappa shape index (κ2) is 7.50. The molecule has 2 saturated heterocycles. The summed E-state index contributed by atoms with van der Waals surface area (Å²) < 4.78 is 11.1. The third-order valence-corrected chi connectivity index (χ3v) is 6.00. The largest absolute Gasteiger partial charge is 0.497 e. The molecule has 2 heterocycles. The Kier molecular flexibility index (Phi) is 5.08. The lowest BCUT2D eigenvalue weighted by atomic mass is 9.94. The van der Waals surface area contributed by atoms with E-state index in [0.717, 1.165) is 50.1 Å². The van der Waals surface area contributed by atoms with Gasteiger partial charge in [0.2, 0.25) is 5.91 Å². The second-order valence-electron chi connectivity index (χ2n) is 7.99. The third kappa shape index (κ3) is 3.68. The highest BCUT2D eigenvalue weighted by atomic mass is 16.5. The highest BCUT2D eigenvalue weighted by Gasteiger charge is 2.48. The van der Waals surface area contributed by atoms with E-state index in [2.05, 4.69) is 6.92 Å². The first kappa shape index (κ1) is 18.3. The number of benzene rings is 1. The van der Waals surface area contributed by atoms with Crippen LogP contribution in [0.15, 0.2) is 24.3 Å². The van der Waals surface area contributed by atoms with Crippen molar-refractivity contribution in [3.8, 4) is 5.75 Å². The molecule has 0 unspecified atom stereocenters. The highest BCUT2D eigenvalue weighted by molar-refractivity contribution is 5.87. The van der Waals surface area contributed by atoms with Crippen LogP contribution in [-0.4, -0.2) is 60.6 Å². The van der Waals surface area contributed by atoms with E-state index in [1.807, 2.05) is 34.1 Å². The fourth-order valence-electron chi connectivity index (χ4n) is 4.16. The van der Waals surface area contributed by atoms with Crippen molar-refractivity contribution in [2.75, 3.05) is 26.8 Å². The minimum atomic E-state index is -0.634. The minimum Gasteiger partial charge on any atom is -0.497 e. The summed E-state index contributed by atoms with van der Waals surface area (Å²) in [5.41, 5.74) is 0.930. The molecule has 4 rings (SSSR count). The summed E-state index contributed by atoms with van der Waals surface area (Å²) in [5, 5.41) is 0. The summed E-state index contributed by atoms with van der Waals surface area (Å²) in [6.45, 7) is 3.76. The highest BCUT2D eigenvalue weighted by Crippen LogP contribution is 2.40. The summed E-state index contributed by atoms with van der Waals surface area (Å²) in [6, 6.07) is 7.51. The van der Waals surface area contributed by atoms with E-state index < -0.39 is 6.10 Å². The van der Waals surface area contributed by atoms with Gasteiger partial charge in [-0.25, -0.2) is 0 Å². The van der Waals surface area contributed by atoms with E-state index in [9.17, 15) is 9.59 Å². The van der Waals surface area contributed by atoms with Crippen molar-refractivity contribution in [2.45, 2.75) is 50.8 Å². The first-order valence-corrected chi connectivity index (χ1v) is 9.94. The van der Waals surface area contributed by atoms with Crippen LogP contribution in [0.5, 0.6) is 5.75 Å². The third-order valence-electron chi connectivity index (χ3n) is 6.00. The predicted molar refractivity (Wildman–Crippen MR) is 100 cm³/mol. The standard InChI is InChI=1S/C21H28N2O4/c1-14-9-11-22(12-10-14)21(25)20-19(15-3-7-17(26-2)8-4-15)23(16-5-6-16)18(24)13-27-20/h3-4,7-8,14,16,19-20H,5-6,9-13H2,1-2H3/t19-,20+/m1/s1. The van der Waals surface area contributed by atoms with Crippen LogP contribution >= 0.6 is 0 Å². The monoisotopic (exact) mass is 372 g/mol. The van der Waals surface area contributed by atoms with E-state index in [1.54, 1.807) is 7.11 Å². The van der Waals surface area contributed by atoms with Crippen LogP contribution in [-0.2, 0) is 14.3 Å². The van der Waals surface area contributed by atoms with Crippen LogP contribution in [0.25, 0.3) is 0 Å². The van der Waals surface area contributed by atoms with Crippen molar-refractivity contribution in [3.63, 3.8) is 0 Å². The summed E-state index contributed by atoms with van der Waals surface area (Å²) in [4.78, 5) is 29.7. The Labute approximate surface area is 160 Å². The number of rotatable bonds is 4. The zero-order valence-corrected chi connectivity index (χ0v) is 16.1. The molecule has 0 aromatic heterocycles. The lowest BCUT2D eigenvalue weighted by Crippen LogP contribution is -2.56. The Morgan fingerprint density at radius 3 is 2.37 bits per heavy atom. The zero-order chi connectivity index (χ0) is 19.0. The molecule has 1 aliphatic carbocycles. The Morgan fingerprint density at radius 1 is 1.11 bits per heavy atom. The van der Waals surface area contributed by atoms with Gasteiger partial charge in [-0.3, -0.25) is 9.59 Å². The van der Waals surface area contributed by atoms with Gasteiger partial charge < -0.3 is 19.3 Å². The number of methoxy groups -OCH3 is 1. The van der Waals surface area contributed by atoms with E-state index in [0.29, 0.717) is 5.92 Å². The average Bonchev–Trinajstić information content (AvgIpc) is 3.53. The molecule has 1 saturated carbocycles. The maximum absolute atomic E-state index is 13.3. The van der Waals surface area contributed by atoms with Crippen LogP contribution in [0.3, 0.4) is 0 Å². The number of piperidine rings is 1. The Balaban J connectivity index is 1.63. The van der Waals surface area contributed by atoms with Crippen molar-refractivity contribution in [1.82, 2.24) is 9.80 Å². The lowest BCUT2D eigenvalue weighted by molar-refractivity contribution is -0.171. The van der Waals surface area contributed by atoms with E-state index in [4.69, 9.17) is 9.47 Å². The molecular weight excluding hydrogens is 344 g/mol. The first-order valence-electron chi connectivity index (χ1n) is 9.94. The molecule has 0 N–H and O–H groups in total. The number of carbonyl (C=O) groups is 2. The Bertz CT molecular complexity index is 693. The van der Waals surface area contributed by atoms with Gasteiger partial charge in [-0.2, -0.15) is 0 Å². The summed E-state index contributed by atoms with van der Waals surface area (Å²) >= 11 is 0. The lowest BCUT2D eigenvalue weighted by Gasteiger charge is -2.43. The molecule has 0 bridgehead atoms. The zero-order valence-electron chi connectivity index (χ0n) is 16.1. The van der Waals surface area contributed by atoms with E-state index in [1.165, 1.54) is 0 Å². The quantitative estimate of drug-likeness (QED) is 0.814. The molecule has 2 atom stereocenters. The Morgan fingerprint density at radius 2 is 1.78 bits per heavy atom. The molecule has 6 heteroatoms. The molecule has 0 spiro atoms. The number of ether oxygens (including phenoxy) is 2. The van der Waals surface area contributed by atoms with Crippen molar-refractivity contribution >= 4 is 11.8 Å². The topological polar surface area (TPSA) is 59.1 Å². The number of likely N-dealkylation sites (tertiary alicyclic amines) is 1. The summed E-state index contributed by atoms with van der Waals surface area (Å²) in [6.07, 6.45) is 3.42. The maximum atomic E-state index is 13.3. The second-order valence-corrected chi connectivity index (χ2v) is 7.99. The van der Waals surface area contributed by atoms with Gasteiger partial charge in [0, 0.05) is 19.1 Å². The smallest absolute Gasteiger partial charge is 0.254 e. The normalized spacial score (nSPS) is 27.0. The molecule has 27 heavy (non-hydrogen) atoms. The van der Waals surface area contributed by atoms with Crippen LogP contribution in [0, 0.1) is 5.92 Å². The number of nitrogens with zero attached hydrogens (tertiary/aromatic N) is 2. The van der Waals surface area contributed by atoms with Crippen LogP contribution in [0.2, 0.25) is 0 Å². The average molecular weight is 372 g/mol. The van der Waals surface area contributed by atoms with Gasteiger partial charge in [-0.1, -0.05) is 19.1 Å². The molecule has 3 aliphatic rings. The van der Waals surface area contributed by atoms with Gasteiger partial charge in [0.25, 0.3) is 5.91 Å². The fourth-order valence-corrected chi connectivity index (χ4v) is 4.16. The molecule has 2 aliphatic heterocycles. The van der Waals surface area contributed by atoms with Gasteiger partial charge in [-0.15, -0.1) is 0 Å². The molecule has 1 aromatic rings. The van der Waals surface area contributed by atoms with Gasteiger partial charge in [0.1, 0.15) is 12.4 Å². The maximum Gasteiger partial charge on any atom is 0.254 e. The van der Waals surface area contributed by atoms with Gasteiger partial charge in [-0.05, 0) is 49.3 Å². The molecule has 1 aromatic carbocycles. The first-order chi connectivity index (χ1) is 13.1. The molecule has 2 amide bonds. The van der Waals surface area contributed by atoms with E-state index in [-0.39, 0.29) is 30.5 Å². The predicted octanol–water partition coefficient (Wildman–Crippen LogP) is 2.38. The van der Waals surface area contributed by atoms with Crippen LogP contribution in [0.1, 0.15) is 44.2 Å². The minimum absolute atomic E-state index is 0.0101. The molecule has 0 radical (unpaired) electrons. The van der Waals surface area contributed by atoms with Crippen LogP contribution < -0.4 is 4.74 Å². The van der Waals surface area contributed by atoms with Crippen molar-refractivity contribution in [1.29, 1.82) is 0 Å². The Hall–Kier alpha value is -2.08. The SMILES string of the molecule is COc1ccc([C@@H]2[C@@H](C(=O)N3CCC(C)CC3)OCC(=O)N2C2CC2)cc1. The number of hydrogen-bond donors (Lipinski definition) is 0. The number of morpholine rings is 1. The molecule has 146 valence electrons. The number of amides is 2. The summed E-state index contributed by atoms with van der Waals surface area (Å²) in [5.74, 6) is 1.41. The molecule has 3 fully saturated rings. The van der Waals surface area contributed by atoms with Gasteiger partial charge in [0.15, 0.2) is 6.10 Å². The van der Waals surface area contributed by atoms with Crippen molar-refractivity contribution < 1.29 is 19.1 Å². The number of hydrogen-bond acceptors (Lipinski definition) is 4. The van der Waals surface area contributed by atoms with Crippen molar-refractivity contribution in [2.24, 2.45) is 5.92 Å². The van der Waals surface area contributed by atoms with Crippen LogP contribution in [0.4, 0.5) is 0 Å². The molecule has 6 nitrogen and oxygen atoms in total.